The average molecular weight is 278 g/mol. The Balaban J connectivity index is 2.08. The van der Waals surface area contributed by atoms with Gasteiger partial charge in [-0.15, -0.1) is 0 Å². The molecule has 1 heterocycles. The van der Waals surface area contributed by atoms with Crippen molar-refractivity contribution in [2.75, 3.05) is 32.5 Å². The topological polar surface area (TPSA) is 50.2 Å². The third kappa shape index (κ3) is 3.39. The third-order valence-corrected chi connectivity index (χ3v) is 4.20. The molecule has 1 aromatic rings. The molecule has 1 aromatic heterocycles. The summed E-state index contributed by atoms with van der Waals surface area (Å²) in [6, 6.07) is 0. The maximum absolute atomic E-state index is 12.2. The maximum Gasteiger partial charge on any atom is 0.293 e. The van der Waals surface area contributed by atoms with E-state index >= 15 is 0 Å². The molecule has 2 rings (SSSR count). The van der Waals surface area contributed by atoms with E-state index in [0.29, 0.717) is 12.4 Å². The van der Waals surface area contributed by atoms with E-state index in [1.54, 1.807) is 17.0 Å². The monoisotopic (exact) mass is 278 g/mol. The highest BCUT2D eigenvalue weighted by Gasteiger charge is 2.34. The largest absolute Gasteiger partial charge is 0.365 e. The highest BCUT2D eigenvalue weighted by Crippen LogP contribution is 2.38. The lowest BCUT2D eigenvalue weighted by atomic mass is 9.85. The predicted molar refractivity (Wildman–Crippen MR) is 82.1 cm³/mol. The molecule has 20 heavy (non-hydrogen) atoms. The zero-order valence-electron chi connectivity index (χ0n) is 12.9. The zero-order chi connectivity index (χ0) is 14.6. The summed E-state index contributed by atoms with van der Waals surface area (Å²) in [5, 5.41) is 3.30. The first kappa shape index (κ1) is 15.0. The Hall–Kier alpha value is -1.36. The van der Waals surface area contributed by atoms with E-state index in [-0.39, 0.29) is 11.0 Å². The second-order valence-corrected chi connectivity index (χ2v) is 6.17. The molecule has 0 saturated heterocycles. The van der Waals surface area contributed by atoms with Gasteiger partial charge in [0.2, 0.25) is 0 Å². The van der Waals surface area contributed by atoms with Crippen molar-refractivity contribution in [3.8, 4) is 0 Å². The molecule has 112 valence electrons. The quantitative estimate of drug-likeness (QED) is 0.862. The zero-order valence-corrected chi connectivity index (χ0v) is 12.9. The second kappa shape index (κ2) is 6.39. The van der Waals surface area contributed by atoms with Crippen molar-refractivity contribution < 1.29 is 0 Å². The molecule has 0 unspecified atom stereocenters. The van der Waals surface area contributed by atoms with Crippen LogP contribution in [-0.2, 0) is 6.54 Å². The van der Waals surface area contributed by atoms with Crippen LogP contribution in [0.2, 0.25) is 0 Å². The molecule has 1 aliphatic carbocycles. The number of anilines is 1. The lowest BCUT2D eigenvalue weighted by molar-refractivity contribution is 0.215. The summed E-state index contributed by atoms with van der Waals surface area (Å²) in [6.45, 7) is 4.55. The molecule has 0 aliphatic heterocycles. The van der Waals surface area contributed by atoms with Gasteiger partial charge in [0, 0.05) is 37.4 Å². The van der Waals surface area contributed by atoms with Crippen LogP contribution < -0.4 is 10.9 Å². The Bertz CT molecular complexity index is 489. The first-order chi connectivity index (χ1) is 9.56. The molecule has 0 spiro atoms. The van der Waals surface area contributed by atoms with Gasteiger partial charge in [-0.1, -0.05) is 12.8 Å². The van der Waals surface area contributed by atoms with E-state index in [9.17, 15) is 4.79 Å². The molecule has 1 saturated carbocycles. The van der Waals surface area contributed by atoms with Crippen molar-refractivity contribution in [3.63, 3.8) is 0 Å². The van der Waals surface area contributed by atoms with Crippen LogP contribution in [0.1, 0.15) is 32.6 Å². The molecule has 0 bridgehead atoms. The second-order valence-electron chi connectivity index (χ2n) is 6.17. The summed E-state index contributed by atoms with van der Waals surface area (Å²) in [4.78, 5) is 18.6. The van der Waals surface area contributed by atoms with Crippen LogP contribution >= 0.6 is 0 Å². The van der Waals surface area contributed by atoms with Crippen LogP contribution in [0.15, 0.2) is 17.2 Å². The smallest absolute Gasteiger partial charge is 0.293 e. The fraction of sp³-hybridized carbons (Fsp3) is 0.733. The Kier molecular flexibility index (Phi) is 4.81. The highest BCUT2D eigenvalue weighted by molar-refractivity contribution is 5.31. The van der Waals surface area contributed by atoms with E-state index in [1.165, 1.54) is 25.7 Å². The molecule has 1 N–H and O–H groups in total. The summed E-state index contributed by atoms with van der Waals surface area (Å²) in [7, 11) is 4.23. The van der Waals surface area contributed by atoms with Crippen LogP contribution in [0.5, 0.6) is 0 Å². The van der Waals surface area contributed by atoms with Crippen molar-refractivity contribution in [3.05, 3.63) is 22.7 Å². The van der Waals surface area contributed by atoms with Crippen molar-refractivity contribution in [1.29, 1.82) is 0 Å². The number of hydrogen-bond acceptors (Lipinski definition) is 4. The summed E-state index contributed by atoms with van der Waals surface area (Å²) in [5.41, 5.74) is 0.262. The van der Waals surface area contributed by atoms with Gasteiger partial charge in [0.1, 0.15) is 0 Å². The molecular formula is C15H26N4O. The van der Waals surface area contributed by atoms with E-state index in [2.05, 4.69) is 29.3 Å². The minimum Gasteiger partial charge on any atom is -0.365 e. The molecule has 5 nitrogen and oxygen atoms in total. The van der Waals surface area contributed by atoms with Crippen LogP contribution in [-0.4, -0.2) is 41.6 Å². The molecular weight excluding hydrogens is 252 g/mol. The van der Waals surface area contributed by atoms with Gasteiger partial charge in [0.05, 0.1) is 0 Å². The van der Waals surface area contributed by atoms with Gasteiger partial charge in [-0.05, 0) is 33.9 Å². The molecule has 1 fully saturated rings. The first-order valence-corrected chi connectivity index (χ1v) is 7.50. The summed E-state index contributed by atoms with van der Waals surface area (Å²) < 4.78 is 1.68. The van der Waals surface area contributed by atoms with E-state index in [1.807, 2.05) is 6.92 Å². The third-order valence-electron chi connectivity index (χ3n) is 4.20. The number of nitrogens with zero attached hydrogens (tertiary/aromatic N) is 3. The van der Waals surface area contributed by atoms with Gasteiger partial charge in [0.15, 0.2) is 5.82 Å². The fourth-order valence-corrected chi connectivity index (χ4v) is 3.28. The molecule has 5 heteroatoms. The first-order valence-electron chi connectivity index (χ1n) is 7.50. The van der Waals surface area contributed by atoms with Gasteiger partial charge in [0.25, 0.3) is 5.56 Å². The SMILES string of the molecule is CCn1ccnc(NCC2(CN(C)C)CCCC2)c1=O. The molecule has 0 amide bonds. The van der Waals surface area contributed by atoms with Gasteiger partial charge in [-0.3, -0.25) is 4.79 Å². The predicted octanol–water partition coefficient (Wildman–Crippen LogP) is 1.80. The Labute approximate surface area is 121 Å². The maximum atomic E-state index is 12.2. The summed E-state index contributed by atoms with van der Waals surface area (Å²) in [5.74, 6) is 0.486. The standard InChI is InChI=1S/C15H26N4O/c1-4-19-10-9-16-13(14(19)20)17-11-15(12-18(2)3)7-5-6-8-15/h9-10H,4-8,11-12H2,1-3H3,(H,16,17). The van der Waals surface area contributed by atoms with Gasteiger partial charge < -0.3 is 14.8 Å². The van der Waals surface area contributed by atoms with E-state index < -0.39 is 0 Å². The highest BCUT2D eigenvalue weighted by atomic mass is 16.1. The lowest BCUT2D eigenvalue weighted by Gasteiger charge is -2.32. The van der Waals surface area contributed by atoms with Crippen molar-refractivity contribution in [1.82, 2.24) is 14.5 Å². The van der Waals surface area contributed by atoms with Crippen LogP contribution in [0, 0.1) is 5.41 Å². The Morgan fingerprint density at radius 3 is 2.70 bits per heavy atom. The van der Waals surface area contributed by atoms with E-state index in [0.717, 1.165) is 13.1 Å². The molecule has 1 aliphatic rings. The molecule has 0 radical (unpaired) electrons. The number of nitrogens with one attached hydrogen (secondary N) is 1. The average Bonchev–Trinajstić information content (AvgIpc) is 2.85. The molecule has 0 atom stereocenters. The fourth-order valence-electron chi connectivity index (χ4n) is 3.28. The van der Waals surface area contributed by atoms with Gasteiger partial charge >= 0.3 is 0 Å². The van der Waals surface area contributed by atoms with Gasteiger partial charge in [-0.25, -0.2) is 4.98 Å². The van der Waals surface area contributed by atoms with E-state index in [4.69, 9.17) is 0 Å². The number of rotatable bonds is 6. The Morgan fingerprint density at radius 1 is 1.40 bits per heavy atom. The number of aryl methyl sites for hydroxylation is 1. The number of aromatic nitrogens is 2. The van der Waals surface area contributed by atoms with Crippen molar-refractivity contribution >= 4 is 5.82 Å². The van der Waals surface area contributed by atoms with Gasteiger partial charge in [-0.2, -0.15) is 0 Å². The number of hydrogen-bond donors (Lipinski definition) is 1. The van der Waals surface area contributed by atoms with Crippen LogP contribution in [0.3, 0.4) is 0 Å². The lowest BCUT2D eigenvalue weighted by Crippen LogP contribution is -2.38. The van der Waals surface area contributed by atoms with Crippen LogP contribution in [0.4, 0.5) is 5.82 Å². The minimum atomic E-state index is -0.0204. The normalized spacial score (nSPS) is 17.6. The van der Waals surface area contributed by atoms with Crippen molar-refractivity contribution in [2.45, 2.75) is 39.2 Å². The summed E-state index contributed by atoms with van der Waals surface area (Å²) >= 11 is 0. The van der Waals surface area contributed by atoms with Crippen LogP contribution in [0.25, 0.3) is 0 Å². The Morgan fingerprint density at radius 2 is 2.10 bits per heavy atom. The molecule has 0 aromatic carbocycles. The minimum absolute atomic E-state index is 0.0204. The summed E-state index contributed by atoms with van der Waals surface area (Å²) in [6.07, 6.45) is 8.47. The van der Waals surface area contributed by atoms with Crippen molar-refractivity contribution in [2.24, 2.45) is 5.41 Å².